The van der Waals surface area contributed by atoms with Crippen LogP contribution in [0, 0.1) is 5.41 Å². The molecule has 29 heavy (non-hydrogen) atoms. The third kappa shape index (κ3) is 7.46. The van der Waals surface area contributed by atoms with E-state index in [-0.39, 0.29) is 22.5 Å². The molecule has 2 aromatic carbocycles. The lowest BCUT2D eigenvalue weighted by atomic mass is 9.92. The fourth-order valence-electron chi connectivity index (χ4n) is 2.78. The van der Waals surface area contributed by atoms with E-state index in [1.807, 2.05) is 76.2 Å². The van der Waals surface area contributed by atoms with Gasteiger partial charge in [-0.2, -0.15) is 0 Å². The SMILES string of the molecule is CCC(Sc1cccc(NC(=O)CC(C)(C)C)c1)C(=O)Nc1ccccc1OC. The molecule has 0 bridgehead atoms. The minimum absolute atomic E-state index is 0.0133. The van der Waals surface area contributed by atoms with Gasteiger partial charge < -0.3 is 15.4 Å². The Kier molecular flexibility index (Phi) is 8.14. The number of ether oxygens (including phenoxy) is 1. The first-order valence-corrected chi connectivity index (χ1v) is 10.6. The highest BCUT2D eigenvalue weighted by Crippen LogP contribution is 2.30. The lowest BCUT2D eigenvalue weighted by Crippen LogP contribution is -2.24. The van der Waals surface area contributed by atoms with Crippen molar-refractivity contribution in [1.82, 2.24) is 0 Å². The Morgan fingerprint density at radius 1 is 1.07 bits per heavy atom. The number of amides is 2. The predicted molar refractivity (Wildman–Crippen MR) is 121 cm³/mol. The second kappa shape index (κ2) is 10.3. The monoisotopic (exact) mass is 414 g/mol. The van der Waals surface area contributed by atoms with Crippen LogP contribution < -0.4 is 15.4 Å². The molecule has 0 saturated carbocycles. The highest BCUT2D eigenvalue weighted by molar-refractivity contribution is 8.00. The largest absolute Gasteiger partial charge is 0.495 e. The number of thioether (sulfide) groups is 1. The van der Waals surface area contributed by atoms with Crippen molar-refractivity contribution in [2.45, 2.75) is 50.7 Å². The summed E-state index contributed by atoms with van der Waals surface area (Å²) in [4.78, 5) is 25.9. The summed E-state index contributed by atoms with van der Waals surface area (Å²) in [6.45, 7) is 8.08. The lowest BCUT2D eigenvalue weighted by Gasteiger charge is -2.18. The zero-order valence-corrected chi connectivity index (χ0v) is 18.6. The van der Waals surface area contributed by atoms with Crippen molar-refractivity contribution in [3.8, 4) is 5.75 Å². The van der Waals surface area contributed by atoms with E-state index >= 15 is 0 Å². The third-order valence-electron chi connectivity index (χ3n) is 4.12. The first kappa shape index (κ1) is 22.8. The Bertz CT molecular complexity index is 846. The van der Waals surface area contributed by atoms with Crippen molar-refractivity contribution < 1.29 is 14.3 Å². The fourth-order valence-corrected chi connectivity index (χ4v) is 3.79. The van der Waals surface area contributed by atoms with E-state index in [1.165, 1.54) is 11.8 Å². The molecule has 0 aliphatic carbocycles. The van der Waals surface area contributed by atoms with E-state index in [0.717, 1.165) is 10.6 Å². The van der Waals surface area contributed by atoms with Crippen molar-refractivity contribution in [1.29, 1.82) is 0 Å². The minimum atomic E-state index is -0.263. The van der Waals surface area contributed by atoms with Gasteiger partial charge in [0.15, 0.2) is 0 Å². The molecule has 6 heteroatoms. The molecule has 0 aliphatic rings. The van der Waals surface area contributed by atoms with E-state index in [2.05, 4.69) is 10.6 Å². The van der Waals surface area contributed by atoms with E-state index in [0.29, 0.717) is 24.3 Å². The molecule has 2 rings (SSSR count). The molecule has 0 aromatic heterocycles. The number of carbonyl (C=O) groups excluding carboxylic acids is 2. The van der Waals surface area contributed by atoms with Gasteiger partial charge in [0.1, 0.15) is 5.75 Å². The van der Waals surface area contributed by atoms with Crippen molar-refractivity contribution in [3.63, 3.8) is 0 Å². The predicted octanol–water partition coefficient (Wildman–Crippen LogP) is 5.58. The summed E-state index contributed by atoms with van der Waals surface area (Å²) in [7, 11) is 1.58. The number of methoxy groups -OCH3 is 1. The van der Waals surface area contributed by atoms with Crippen LogP contribution in [0.25, 0.3) is 0 Å². The Morgan fingerprint density at radius 2 is 1.79 bits per heavy atom. The summed E-state index contributed by atoms with van der Waals surface area (Å²) in [5.41, 5.74) is 1.33. The smallest absolute Gasteiger partial charge is 0.237 e. The van der Waals surface area contributed by atoms with Crippen LogP contribution in [-0.4, -0.2) is 24.2 Å². The molecule has 1 unspecified atom stereocenters. The summed E-state index contributed by atoms with van der Waals surface area (Å²) >= 11 is 1.48. The molecule has 2 aromatic rings. The van der Waals surface area contributed by atoms with Gasteiger partial charge in [-0.05, 0) is 42.2 Å². The van der Waals surface area contributed by atoms with Crippen LogP contribution in [0.4, 0.5) is 11.4 Å². The molecular weight excluding hydrogens is 384 g/mol. The Balaban J connectivity index is 2.05. The Morgan fingerprint density at radius 3 is 2.45 bits per heavy atom. The van der Waals surface area contributed by atoms with Crippen molar-refractivity contribution in [3.05, 3.63) is 48.5 Å². The van der Waals surface area contributed by atoms with E-state index in [9.17, 15) is 9.59 Å². The van der Waals surface area contributed by atoms with Crippen LogP contribution in [0.15, 0.2) is 53.4 Å². The fraction of sp³-hybridized carbons (Fsp3) is 0.391. The average Bonchev–Trinajstić information content (AvgIpc) is 2.65. The second-order valence-electron chi connectivity index (χ2n) is 8.02. The molecule has 0 heterocycles. The summed E-state index contributed by atoms with van der Waals surface area (Å²) in [6.07, 6.45) is 1.12. The quantitative estimate of drug-likeness (QED) is 0.553. The van der Waals surface area contributed by atoms with E-state index in [1.54, 1.807) is 7.11 Å². The molecule has 1 atom stereocenters. The number of benzene rings is 2. The van der Waals surface area contributed by atoms with Gasteiger partial charge in [0.05, 0.1) is 18.0 Å². The number of para-hydroxylation sites is 2. The standard InChI is InChI=1S/C23H30N2O3S/c1-6-20(22(27)25-18-12-7-8-13-19(18)28-5)29-17-11-9-10-16(14-17)24-21(26)15-23(2,3)4/h7-14,20H,6,15H2,1-5H3,(H,24,26)(H,25,27). The zero-order valence-electron chi connectivity index (χ0n) is 17.7. The molecule has 0 fully saturated rings. The van der Waals surface area contributed by atoms with Gasteiger partial charge in [-0.15, -0.1) is 11.8 Å². The normalized spacial score (nSPS) is 12.2. The van der Waals surface area contributed by atoms with Gasteiger partial charge in [0.2, 0.25) is 11.8 Å². The minimum Gasteiger partial charge on any atom is -0.495 e. The first-order valence-electron chi connectivity index (χ1n) is 9.72. The van der Waals surface area contributed by atoms with Crippen molar-refractivity contribution in [2.24, 2.45) is 5.41 Å². The van der Waals surface area contributed by atoms with Crippen LogP contribution in [0.1, 0.15) is 40.5 Å². The second-order valence-corrected chi connectivity index (χ2v) is 9.29. The van der Waals surface area contributed by atoms with Gasteiger partial charge in [-0.25, -0.2) is 0 Å². The van der Waals surface area contributed by atoms with Crippen LogP contribution >= 0.6 is 11.8 Å². The highest BCUT2D eigenvalue weighted by atomic mass is 32.2. The number of hydrogen-bond donors (Lipinski definition) is 2. The van der Waals surface area contributed by atoms with Crippen LogP contribution in [0.3, 0.4) is 0 Å². The number of anilines is 2. The van der Waals surface area contributed by atoms with Gasteiger partial charge in [0, 0.05) is 17.0 Å². The maximum atomic E-state index is 12.8. The van der Waals surface area contributed by atoms with E-state index in [4.69, 9.17) is 4.74 Å². The molecule has 2 amide bonds. The summed E-state index contributed by atoms with van der Waals surface area (Å²) < 4.78 is 5.30. The Labute approximate surface area is 177 Å². The first-order chi connectivity index (χ1) is 13.7. The van der Waals surface area contributed by atoms with E-state index < -0.39 is 0 Å². The van der Waals surface area contributed by atoms with Gasteiger partial charge in [0.25, 0.3) is 0 Å². The van der Waals surface area contributed by atoms with Crippen molar-refractivity contribution in [2.75, 3.05) is 17.7 Å². The van der Waals surface area contributed by atoms with Crippen LogP contribution in [-0.2, 0) is 9.59 Å². The van der Waals surface area contributed by atoms with Crippen molar-refractivity contribution >= 4 is 35.0 Å². The summed E-state index contributed by atoms with van der Waals surface area (Å²) in [5.74, 6) is 0.536. The molecule has 0 saturated heterocycles. The molecule has 156 valence electrons. The molecule has 0 radical (unpaired) electrons. The van der Waals surface area contributed by atoms with Crippen LogP contribution in [0.2, 0.25) is 0 Å². The molecular formula is C23H30N2O3S. The number of hydrogen-bond acceptors (Lipinski definition) is 4. The number of nitrogens with one attached hydrogen (secondary N) is 2. The van der Waals surface area contributed by atoms with Gasteiger partial charge >= 0.3 is 0 Å². The third-order valence-corrected chi connectivity index (χ3v) is 5.47. The molecule has 0 spiro atoms. The topological polar surface area (TPSA) is 67.4 Å². The molecule has 5 nitrogen and oxygen atoms in total. The average molecular weight is 415 g/mol. The van der Waals surface area contributed by atoms with Gasteiger partial charge in [-0.1, -0.05) is 45.9 Å². The highest BCUT2D eigenvalue weighted by Gasteiger charge is 2.20. The maximum absolute atomic E-state index is 12.8. The number of rotatable bonds is 8. The summed E-state index contributed by atoms with van der Waals surface area (Å²) in [5, 5.41) is 5.63. The molecule has 0 aliphatic heterocycles. The van der Waals surface area contributed by atoms with Gasteiger partial charge in [-0.3, -0.25) is 9.59 Å². The molecule has 2 N–H and O–H groups in total. The zero-order chi connectivity index (χ0) is 21.4. The maximum Gasteiger partial charge on any atom is 0.237 e. The summed E-state index contributed by atoms with van der Waals surface area (Å²) in [6, 6.07) is 15.0. The Hall–Kier alpha value is -2.47. The lowest BCUT2D eigenvalue weighted by molar-refractivity contribution is -0.118. The van der Waals surface area contributed by atoms with Crippen LogP contribution in [0.5, 0.6) is 5.75 Å². The number of carbonyl (C=O) groups is 2.